The van der Waals surface area contributed by atoms with Gasteiger partial charge < -0.3 is 10.6 Å². The van der Waals surface area contributed by atoms with Crippen molar-refractivity contribution in [2.24, 2.45) is 0 Å². The number of nitriles is 1. The van der Waals surface area contributed by atoms with Gasteiger partial charge in [-0.15, -0.1) is 0 Å². The summed E-state index contributed by atoms with van der Waals surface area (Å²) in [5.41, 5.74) is 1.84. The van der Waals surface area contributed by atoms with Gasteiger partial charge in [0.1, 0.15) is 5.82 Å². The van der Waals surface area contributed by atoms with Crippen LogP contribution in [-0.2, 0) is 5.66 Å². The van der Waals surface area contributed by atoms with Crippen molar-refractivity contribution >= 4 is 18.1 Å². The Labute approximate surface area is 145 Å². The summed E-state index contributed by atoms with van der Waals surface area (Å²) >= 11 is 0. The molecule has 2 heterocycles. The van der Waals surface area contributed by atoms with Gasteiger partial charge in [0.05, 0.1) is 11.6 Å². The number of anilines is 1. The van der Waals surface area contributed by atoms with Gasteiger partial charge in [0.15, 0.2) is 5.66 Å². The Morgan fingerprint density at radius 2 is 1.92 bits per heavy atom. The number of H-pyrrole nitrogens is 1. The minimum absolute atomic E-state index is 0.617. The largest absolute Gasteiger partial charge is 0.361 e. The third-order valence-electron chi connectivity index (χ3n) is 4.30. The molecule has 0 spiro atoms. The first-order chi connectivity index (χ1) is 12.2. The molecule has 1 unspecified atom stereocenters. The number of nitrogens with zero attached hydrogens (tertiary/aromatic N) is 2. The zero-order valence-corrected chi connectivity index (χ0v) is 13.7. The van der Waals surface area contributed by atoms with Crippen molar-refractivity contribution in [3.05, 3.63) is 81.9 Å². The Bertz CT molecular complexity index is 1090. The van der Waals surface area contributed by atoms with E-state index in [0.717, 1.165) is 27.5 Å². The van der Waals surface area contributed by atoms with Crippen molar-refractivity contribution in [3.63, 3.8) is 0 Å². The topological polar surface area (TPSA) is 76.5 Å². The maximum atomic E-state index is 9.27. The molecule has 0 amide bonds. The van der Waals surface area contributed by atoms with Crippen molar-refractivity contribution < 1.29 is 0 Å². The van der Waals surface area contributed by atoms with Crippen LogP contribution in [0.4, 0.5) is 5.82 Å². The van der Waals surface area contributed by atoms with E-state index in [-0.39, 0.29) is 0 Å². The number of aromatic nitrogens is 2. The van der Waals surface area contributed by atoms with E-state index in [9.17, 15) is 5.26 Å². The van der Waals surface area contributed by atoms with Crippen LogP contribution in [-0.4, -0.2) is 10.2 Å². The molecule has 3 aromatic rings. The summed E-state index contributed by atoms with van der Waals surface area (Å²) in [5, 5.41) is 25.7. The first-order valence-corrected chi connectivity index (χ1v) is 8.05. The highest BCUT2D eigenvalue weighted by Crippen LogP contribution is 2.27. The van der Waals surface area contributed by atoms with Crippen LogP contribution in [0.3, 0.4) is 0 Å². The van der Waals surface area contributed by atoms with E-state index >= 15 is 0 Å². The fourth-order valence-electron chi connectivity index (χ4n) is 3.07. The standard InChI is InChI=1S/C20H17N5/c1-14-9-19(25-24-14)23-20(18-8-4-5-15(10-18)12-21)11-16-6-2-3-7-17(16)13-22-20/h2-11,13,22H,1H3,(H2,23,24,25). The lowest BCUT2D eigenvalue weighted by Crippen LogP contribution is -2.51. The summed E-state index contributed by atoms with van der Waals surface area (Å²) in [6, 6.07) is 19.9. The summed E-state index contributed by atoms with van der Waals surface area (Å²) in [4.78, 5) is 0. The molecular formula is C20H17N5. The van der Waals surface area contributed by atoms with Gasteiger partial charge in [-0.05, 0) is 35.6 Å². The molecule has 4 rings (SSSR count). The van der Waals surface area contributed by atoms with Crippen molar-refractivity contribution in [1.82, 2.24) is 15.5 Å². The highest BCUT2D eigenvalue weighted by Gasteiger charge is 2.31. The fraction of sp³-hybridized carbons (Fsp3) is 0.100. The van der Waals surface area contributed by atoms with Crippen LogP contribution in [0.25, 0.3) is 12.3 Å². The second-order valence-electron chi connectivity index (χ2n) is 6.12. The second-order valence-corrected chi connectivity index (χ2v) is 6.12. The Balaban J connectivity index is 1.90. The van der Waals surface area contributed by atoms with Crippen molar-refractivity contribution in [2.45, 2.75) is 12.6 Å². The highest BCUT2D eigenvalue weighted by atomic mass is 15.3. The molecular weight excluding hydrogens is 310 g/mol. The van der Waals surface area contributed by atoms with E-state index in [0.29, 0.717) is 5.56 Å². The van der Waals surface area contributed by atoms with Crippen molar-refractivity contribution in [3.8, 4) is 6.07 Å². The van der Waals surface area contributed by atoms with E-state index in [2.05, 4.69) is 45.1 Å². The Hall–Kier alpha value is -3.52. The van der Waals surface area contributed by atoms with Gasteiger partial charge in [0.2, 0.25) is 0 Å². The smallest absolute Gasteiger partial charge is 0.156 e. The lowest BCUT2D eigenvalue weighted by atomic mass is 9.94. The average Bonchev–Trinajstić information content (AvgIpc) is 3.06. The van der Waals surface area contributed by atoms with Crippen LogP contribution in [0.1, 0.15) is 16.8 Å². The van der Waals surface area contributed by atoms with Crippen molar-refractivity contribution in [2.75, 3.05) is 5.32 Å². The predicted molar refractivity (Wildman–Crippen MR) is 97.5 cm³/mol. The van der Waals surface area contributed by atoms with Gasteiger partial charge in [0.25, 0.3) is 0 Å². The molecule has 1 atom stereocenters. The van der Waals surface area contributed by atoms with E-state index in [1.54, 1.807) is 6.07 Å². The van der Waals surface area contributed by atoms with Crippen LogP contribution < -0.4 is 21.1 Å². The number of benzene rings is 2. The molecule has 0 radical (unpaired) electrons. The number of hydrogen-bond donors (Lipinski definition) is 3. The van der Waals surface area contributed by atoms with Crippen LogP contribution >= 0.6 is 0 Å². The van der Waals surface area contributed by atoms with Crippen LogP contribution in [0, 0.1) is 18.3 Å². The Morgan fingerprint density at radius 1 is 1.08 bits per heavy atom. The molecule has 0 bridgehead atoms. The maximum absolute atomic E-state index is 9.27. The monoisotopic (exact) mass is 327 g/mol. The minimum atomic E-state index is -0.692. The molecule has 3 N–H and O–H groups in total. The van der Waals surface area contributed by atoms with Crippen molar-refractivity contribution in [1.29, 1.82) is 5.26 Å². The first-order valence-electron chi connectivity index (χ1n) is 8.05. The quantitative estimate of drug-likeness (QED) is 0.684. The van der Waals surface area contributed by atoms with Gasteiger partial charge in [-0.3, -0.25) is 5.10 Å². The average molecular weight is 327 g/mol. The number of rotatable bonds is 3. The molecule has 2 aromatic carbocycles. The normalized spacial score (nSPS) is 18.1. The molecule has 1 aliphatic rings. The van der Waals surface area contributed by atoms with E-state index in [1.165, 1.54) is 0 Å². The lowest BCUT2D eigenvalue weighted by molar-refractivity contribution is 0.591. The molecule has 0 saturated heterocycles. The second kappa shape index (κ2) is 5.84. The van der Waals surface area contributed by atoms with E-state index in [1.807, 2.05) is 49.5 Å². The highest BCUT2D eigenvalue weighted by molar-refractivity contribution is 5.60. The number of nitrogens with one attached hydrogen (secondary N) is 3. The molecule has 5 nitrogen and oxygen atoms in total. The van der Waals surface area contributed by atoms with Gasteiger partial charge >= 0.3 is 0 Å². The number of fused-ring (bicyclic) bond motifs is 1. The zero-order chi connectivity index (χ0) is 17.3. The molecule has 122 valence electrons. The summed E-state index contributed by atoms with van der Waals surface area (Å²) in [5.74, 6) is 0.733. The molecule has 25 heavy (non-hydrogen) atoms. The molecule has 1 aliphatic heterocycles. The van der Waals surface area contributed by atoms with Gasteiger partial charge in [0, 0.05) is 23.5 Å². The molecule has 1 aromatic heterocycles. The maximum Gasteiger partial charge on any atom is 0.156 e. The van der Waals surface area contributed by atoms with Gasteiger partial charge in [-0.1, -0.05) is 36.4 Å². The number of aromatic amines is 1. The summed E-state index contributed by atoms with van der Waals surface area (Å²) in [6.07, 6.45) is 4.11. The predicted octanol–water partition coefficient (Wildman–Crippen LogP) is 1.68. The SMILES string of the molecule is Cc1cc(NC2(c3cccc(C#N)c3)C=c3ccccc3=CN2)n[nH]1. The third-order valence-corrected chi connectivity index (χ3v) is 4.30. The Morgan fingerprint density at radius 3 is 2.68 bits per heavy atom. The van der Waals surface area contributed by atoms with E-state index < -0.39 is 5.66 Å². The summed E-state index contributed by atoms with van der Waals surface area (Å²) < 4.78 is 0. The third kappa shape index (κ3) is 2.74. The lowest BCUT2D eigenvalue weighted by Gasteiger charge is -2.35. The van der Waals surface area contributed by atoms with E-state index in [4.69, 9.17) is 0 Å². The molecule has 0 fully saturated rings. The molecule has 5 heteroatoms. The fourth-order valence-corrected chi connectivity index (χ4v) is 3.07. The molecule has 0 saturated carbocycles. The van der Waals surface area contributed by atoms with Gasteiger partial charge in [-0.2, -0.15) is 10.4 Å². The van der Waals surface area contributed by atoms with Gasteiger partial charge in [-0.25, -0.2) is 0 Å². The zero-order valence-electron chi connectivity index (χ0n) is 13.7. The minimum Gasteiger partial charge on any atom is -0.361 e. The molecule has 0 aliphatic carbocycles. The van der Waals surface area contributed by atoms with Crippen LogP contribution in [0.5, 0.6) is 0 Å². The number of hydrogen-bond acceptors (Lipinski definition) is 4. The number of aryl methyl sites for hydroxylation is 1. The first kappa shape index (κ1) is 15.0. The Kier molecular flexibility index (Phi) is 3.51. The van der Waals surface area contributed by atoms with Crippen LogP contribution in [0.15, 0.2) is 54.6 Å². The summed E-state index contributed by atoms with van der Waals surface area (Å²) in [7, 11) is 0. The summed E-state index contributed by atoms with van der Waals surface area (Å²) in [6.45, 7) is 1.96. The van der Waals surface area contributed by atoms with Crippen LogP contribution in [0.2, 0.25) is 0 Å².